The molecule has 108 valence electrons. The Morgan fingerprint density at radius 2 is 1.32 bits per heavy atom. The largest absolute Gasteiger partial charge is 0.369 e. The van der Waals surface area contributed by atoms with Crippen LogP contribution in [0.15, 0.2) is 35.2 Å². The van der Waals surface area contributed by atoms with Crippen LogP contribution in [0.5, 0.6) is 0 Å². The lowest BCUT2D eigenvalue weighted by Crippen LogP contribution is -2.32. The van der Waals surface area contributed by atoms with Gasteiger partial charge in [0.05, 0.1) is 4.90 Å². The number of hydrogen-bond donors (Lipinski definition) is 4. The van der Waals surface area contributed by atoms with Gasteiger partial charge in [-0.2, -0.15) is 0 Å². The van der Waals surface area contributed by atoms with Crippen LogP contribution in [-0.2, 0) is 19.0 Å². The fourth-order valence-electron chi connectivity index (χ4n) is 1.23. The number of halogens is 1. The molecule has 1 aromatic rings. The highest BCUT2D eigenvalue weighted by Gasteiger charge is 2.68. The second-order valence-corrected chi connectivity index (χ2v) is 14.1. The lowest BCUT2D eigenvalue weighted by Gasteiger charge is -2.28. The molecule has 0 bridgehead atoms. The zero-order valence-electron chi connectivity index (χ0n) is 8.99. The third-order valence-corrected chi connectivity index (χ3v) is 15.1. The Morgan fingerprint density at radius 1 is 0.947 bits per heavy atom. The second-order valence-electron chi connectivity index (χ2n) is 3.43. The average Bonchev–Trinajstić information content (AvgIpc) is 2.26. The number of benzene rings is 1. The molecule has 0 atom stereocenters. The van der Waals surface area contributed by atoms with Crippen LogP contribution in [0.3, 0.4) is 0 Å². The third kappa shape index (κ3) is 2.81. The van der Waals surface area contributed by atoms with Crippen molar-refractivity contribution in [3.05, 3.63) is 30.3 Å². The van der Waals surface area contributed by atoms with E-state index in [1.165, 1.54) is 18.2 Å². The van der Waals surface area contributed by atoms with Crippen LogP contribution < -0.4 is 0 Å². The first-order valence-electron chi connectivity index (χ1n) is 4.45. The van der Waals surface area contributed by atoms with E-state index in [1.54, 1.807) is 0 Å². The maximum absolute atomic E-state index is 12.2. The van der Waals surface area contributed by atoms with Gasteiger partial charge in [-0.3, -0.25) is 9.13 Å². The van der Waals surface area contributed by atoms with Crippen molar-refractivity contribution >= 4 is 47.6 Å². The fraction of sp³-hybridized carbons (Fsp3) is 0.143. The van der Waals surface area contributed by atoms with E-state index in [-0.39, 0.29) is 0 Å². The minimum atomic E-state index is -5.66. The highest BCUT2D eigenvalue weighted by atomic mass is 127. The summed E-state index contributed by atoms with van der Waals surface area (Å²) in [5, 5.41) is 0. The van der Waals surface area contributed by atoms with Gasteiger partial charge in [-0.05, 0) is 34.7 Å². The van der Waals surface area contributed by atoms with Crippen molar-refractivity contribution in [2.45, 2.75) is 7.13 Å². The lowest BCUT2D eigenvalue weighted by molar-refractivity contribution is 0.348. The van der Waals surface area contributed by atoms with E-state index in [2.05, 4.69) is 0 Å². The molecule has 0 heterocycles. The van der Waals surface area contributed by atoms with E-state index in [0.29, 0.717) is 22.6 Å². The zero-order valence-corrected chi connectivity index (χ0v) is 13.8. The summed E-state index contributed by atoms with van der Waals surface area (Å²) < 4.78 is 43.4. The molecule has 0 unspecified atom stereocenters. The summed E-state index contributed by atoms with van der Waals surface area (Å²) in [4.78, 5) is 35.8. The van der Waals surface area contributed by atoms with E-state index in [4.69, 9.17) is 19.6 Å². The fourth-order valence-corrected chi connectivity index (χ4v) is 7.31. The van der Waals surface area contributed by atoms with Crippen molar-refractivity contribution in [1.29, 1.82) is 0 Å². The third-order valence-electron chi connectivity index (χ3n) is 2.11. The molecule has 4 N–H and O–H groups in total. The van der Waals surface area contributed by atoms with Gasteiger partial charge in [-0.15, -0.1) is 0 Å². The maximum atomic E-state index is 12.2. The van der Waals surface area contributed by atoms with Crippen LogP contribution in [-0.4, -0.2) is 30.2 Å². The van der Waals surface area contributed by atoms with E-state index in [0.717, 1.165) is 12.1 Å². The molecule has 0 saturated heterocycles. The van der Waals surface area contributed by atoms with E-state index in [1.807, 2.05) is 0 Å². The molecule has 1 aromatic carbocycles. The molecule has 0 aromatic heterocycles. The number of hydrogen-bond acceptors (Lipinski definition) is 4. The molecular formula is C7H9IO8P2S. The molecule has 0 amide bonds. The van der Waals surface area contributed by atoms with Crippen LogP contribution in [0.25, 0.3) is 0 Å². The molecule has 0 aliphatic rings. The van der Waals surface area contributed by atoms with Gasteiger partial charge in [0.1, 0.15) is 0 Å². The molecular weight excluding hydrogens is 433 g/mol. The molecule has 1 rings (SSSR count). The van der Waals surface area contributed by atoms with Crippen molar-refractivity contribution in [2.75, 3.05) is 0 Å². The van der Waals surface area contributed by atoms with Crippen molar-refractivity contribution in [3.8, 4) is 0 Å². The van der Waals surface area contributed by atoms with Gasteiger partial charge in [-0.1, -0.05) is 18.2 Å². The summed E-state index contributed by atoms with van der Waals surface area (Å²) in [6, 6.07) is 5.97. The molecule has 12 heteroatoms. The maximum Gasteiger partial charge on any atom is 0.369 e. The minimum Gasteiger partial charge on any atom is -0.322 e. The molecule has 19 heavy (non-hydrogen) atoms. The summed E-state index contributed by atoms with van der Waals surface area (Å²) in [6.07, 6.45) is 0. The minimum absolute atomic E-state index is 0.587. The van der Waals surface area contributed by atoms with Crippen molar-refractivity contribution in [2.24, 2.45) is 0 Å². The van der Waals surface area contributed by atoms with E-state index >= 15 is 0 Å². The van der Waals surface area contributed by atoms with Crippen LogP contribution in [0.1, 0.15) is 0 Å². The first-order valence-corrected chi connectivity index (χ1v) is 10.2. The number of rotatable bonds is 4. The van der Waals surface area contributed by atoms with Crippen LogP contribution in [0.2, 0.25) is 0 Å². The molecule has 8 nitrogen and oxygen atoms in total. The van der Waals surface area contributed by atoms with Crippen molar-refractivity contribution in [3.63, 3.8) is 0 Å². The summed E-state index contributed by atoms with van der Waals surface area (Å²) in [7, 11) is -16.3. The average molecular weight is 442 g/mol. The molecule has 0 aliphatic carbocycles. The second kappa shape index (κ2) is 5.19. The summed E-state index contributed by atoms with van der Waals surface area (Å²) in [6.45, 7) is 0. The van der Waals surface area contributed by atoms with Crippen LogP contribution in [0, 0.1) is 0 Å². The first kappa shape index (κ1) is 17.3. The van der Waals surface area contributed by atoms with Crippen molar-refractivity contribution in [1.82, 2.24) is 0 Å². The normalized spacial score (nSPS) is 14.4. The SMILES string of the molecule is O=P(O)(O)C(I)(P(=O)(O)O)S(=O)(=O)c1ccccc1. The molecule has 0 fully saturated rings. The standard InChI is InChI=1S/C7H9IO8P2S/c8-7(17(9,10)11,18(12,13)14)19(15,16)6-4-2-1-3-5-6/h1-5H,(H2,9,10,11)(H2,12,13,14). The Balaban J connectivity index is 3.72. The van der Waals surface area contributed by atoms with Crippen molar-refractivity contribution < 1.29 is 37.1 Å². The topological polar surface area (TPSA) is 149 Å². The van der Waals surface area contributed by atoms with Gasteiger partial charge < -0.3 is 19.6 Å². The monoisotopic (exact) mass is 442 g/mol. The summed E-state index contributed by atoms with van der Waals surface area (Å²) >= 11 is 0.620. The van der Waals surface area contributed by atoms with E-state index < -0.39 is 32.2 Å². The highest BCUT2D eigenvalue weighted by Crippen LogP contribution is 2.76. The quantitative estimate of drug-likeness (QED) is 0.305. The van der Waals surface area contributed by atoms with Gasteiger partial charge in [0, 0.05) is 0 Å². The van der Waals surface area contributed by atoms with Gasteiger partial charge in [0.15, 0.2) is 0 Å². The zero-order chi connectivity index (χ0) is 15.1. The van der Waals surface area contributed by atoms with Gasteiger partial charge in [-0.25, -0.2) is 8.42 Å². The molecule has 0 saturated carbocycles. The lowest BCUT2D eigenvalue weighted by atomic mass is 10.4. The smallest absolute Gasteiger partial charge is 0.322 e. The predicted octanol–water partition coefficient (Wildman–Crippen LogP) is 0.862. The number of alkyl halides is 1. The predicted molar refractivity (Wildman–Crippen MR) is 74.5 cm³/mol. The number of sulfone groups is 1. The van der Waals surface area contributed by atoms with Crippen LogP contribution in [0.4, 0.5) is 0 Å². The Bertz CT molecular complexity index is 638. The molecule has 0 aliphatic heterocycles. The van der Waals surface area contributed by atoms with E-state index in [9.17, 15) is 17.5 Å². The highest BCUT2D eigenvalue weighted by molar-refractivity contribution is 14.1. The Morgan fingerprint density at radius 3 is 1.63 bits per heavy atom. The molecule has 0 spiro atoms. The summed E-state index contributed by atoms with van der Waals surface area (Å²) in [5.41, 5.74) is 0. The van der Waals surface area contributed by atoms with Gasteiger partial charge in [0.25, 0.3) is 0 Å². The Hall–Kier alpha value is 0.200. The Kier molecular flexibility index (Phi) is 4.72. The Labute approximate surface area is 122 Å². The van der Waals surface area contributed by atoms with Crippen LogP contribution >= 0.6 is 37.8 Å². The summed E-state index contributed by atoms with van der Waals surface area (Å²) in [5.74, 6) is 0. The van der Waals surface area contributed by atoms with Gasteiger partial charge >= 0.3 is 17.4 Å². The van der Waals surface area contributed by atoms with Gasteiger partial charge in [0.2, 0.25) is 9.84 Å². The first-order chi connectivity index (χ1) is 8.36. The molecule has 0 radical (unpaired) electrons.